The maximum absolute atomic E-state index is 3.41. The molecule has 0 saturated carbocycles. The van der Waals surface area contributed by atoms with Gasteiger partial charge in [0.05, 0.1) is 0 Å². The Morgan fingerprint density at radius 1 is 1.06 bits per heavy atom. The summed E-state index contributed by atoms with van der Waals surface area (Å²) in [6, 6.07) is 0. The van der Waals surface area contributed by atoms with Gasteiger partial charge in [0.1, 0.15) is 0 Å². The molecule has 2 rings (SSSR count). The fraction of sp³-hybridized carbons (Fsp3) is 1.00. The Bertz CT molecular complexity index is 204. The van der Waals surface area contributed by atoms with Crippen LogP contribution < -0.4 is 5.32 Å². The van der Waals surface area contributed by atoms with Crippen molar-refractivity contribution in [2.45, 2.75) is 18.6 Å². The van der Waals surface area contributed by atoms with Crippen molar-refractivity contribution >= 4 is 36.6 Å². The van der Waals surface area contributed by atoms with E-state index in [4.69, 9.17) is 0 Å². The maximum atomic E-state index is 3.41. The molecule has 1 N–H and O–H groups in total. The SMILES string of the molecule is CCC1CN(CCN2CCNCC2)CCS1.Cl.Cl. The number of nitrogens with zero attached hydrogens (tertiary/aromatic N) is 2. The molecule has 0 aromatic rings. The van der Waals surface area contributed by atoms with Crippen molar-refractivity contribution in [3.63, 3.8) is 0 Å². The van der Waals surface area contributed by atoms with Gasteiger partial charge < -0.3 is 10.2 Å². The van der Waals surface area contributed by atoms with E-state index in [1.54, 1.807) is 0 Å². The van der Waals surface area contributed by atoms with Crippen molar-refractivity contribution in [3.8, 4) is 0 Å². The highest BCUT2D eigenvalue weighted by molar-refractivity contribution is 8.00. The number of hydrogen-bond donors (Lipinski definition) is 1. The highest BCUT2D eigenvalue weighted by atomic mass is 35.5. The van der Waals surface area contributed by atoms with Gasteiger partial charge in [-0.15, -0.1) is 24.8 Å². The highest BCUT2D eigenvalue weighted by Crippen LogP contribution is 2.20. The third-order valence-electron chi connectivity index (χ3n) is 3.62. The number of thioether (sulfide) groups is 1. The molecule has 2 fully saturated rings. The molecule has 0 bridgehead atoms. The second kappa shape index (κ2) is 10.6. The molecule has 0 aliphatic carbocycles. The van der Waals surface area contributed by atoms with E-state index < -0.39 is 0 Å². The zero-order valence-corrected chi connectivity index (χ0v) is 13.7. The van der Waals surface area contributed by atoms with E-state index in [1.807, 2.05) is 0 Å². The van der Waals surface area contributed by atoms with Gasteiger partial charge in [0.2, 0.25) is 0 Å². The van der Waals surface area contributed by atoms with Crippen LogP contribution in [0.25, 0.3) is 0 Å². The number of hydrogen-bond acceptors (Lipinski definition) is 4. The van der Waals surface area contributed by atoms with Crippen molar-refractivity contribution in [1.82, 2.24) is 15.1 Å². The standard InChI is InChI=1S/C12H25N3S.2ClH/c1-2-12-11-15(9-10-16-12)8-7-14-5-3-13-4-6-14;;/h12-13H,2-11H2,1H3;2*1H. The lowest BCUT2D eigenvalue weighted by Crippen LogP contribution is -2.48. The minimum Gasteiger partial charge on any atom is -0.314 e. The Balaban J connectivity index is 0.00000144. The molecule has 1 atom stereocenters. The number of nitrogens with one attached hydrogen (secondary N) is 1. The summed E-state index contributed by atoms with van der Waals surface area (Å²) in [5, 5.41) is 4.30. The van der Waals surface area contributed by atoms with Gasteiger partial charge in [-0.2, -0.15) is 11.8 Å². The van der Waals surface area contributed by atoms with Crippen LogP contribution in [0.3, 0.4) is 0 Å². The lowest BCUT2D eigenvalue weighted by Gasteiger charge is -2.34. The quantitative estimate of drug-likeness (QED) is 0.848. The minimum absolute atomic E-state index is 0. The first kappa shape index (κ1) is 18.8. The topological polar surface area (TPSA) is 18.5 Å². The maximum Gasteiger partial charge on any atom is 0.0172 e. The monoisotopic (exact) mass is 315 g/mol. The first-order chi connectivity index (χ1) is 7.88. The lowest BCUT2D eigenvalue weighted by molar-refractivity contribution is 0.191. The average Bonchev–Trinajstić information content (AvgIpc) is 2.38. The molecule has 2 saturated heterocycles. The summed E-state index contributed by atoms with van der Waals surface area (Å²) >= 11 is 2.16. The molecule has 2 heterocycles. The first-order valence-corrected chi connectivity index (χ1v) is 7.70. The van der Waals surface area contributed by atoms with E-state index in [9.17, 15) is 0 Å². The van der Waals surface area contributed by atoms with Crippen molar-refractivity contribution in [2.24, 2.45) is 0 Å². The smallest absolute Gasteiger partial charge is 0.0172 e. The number of rotatable bonds is 4. The largest absolute Gasteiger partial charge is 0.314 e. The summed E-state index contributed by atoms with van der Waals surface area (Å²) < 4.78 is 0. The molecule has 6 heteroatoms. The molecule has 0 aromatic carbocycles. The third-order valence-corrected chi connectivity index (χ3v) is 4.99. The molecule has 0 radical (unpaired) electrons. The van der Waals surface area contributed by atoms with Crippen molar-refractivity contribution < 1.29 is 0 Å². The van der Waals surface area contributed by atoms with Gasteiger partial charge in [0.15, 0.2) is 0 Å². The number of halogens is 2. The molecular formula is C12H27Cl2N3S. The molecule has 0 aromatic heterocycles. The van der Waals surface area contributed by atoms with Gasteiger partial charge in [-0.25, -0.2) is 0 Å². The summed E-state index contributed by atoms with van der Waals surface area (Å²) in [6.45, 7) is 12.3. The minimum atomic E-state index is 0. The highest BCUT2D eigenvalue weighted by Gasteiger charge is 2.19. The first-order valence-electron chi connectivity index (χ1n) is 6.65. The van der Waals surface area contributed by atoms with Gasteiger partial charge in [-0.05, 0) is 6.42 Å². The van der Waals surface area contributed by atoms with E-state index in [0.717, 1.165) is 5.25 Å². The van der Waals surface area contributed by atoms with Crippen LogP contribution in [0.2, 0.25) is 0 Å². The Morgan fingerprint density at radius 2 is 1.72 bits per heavy atom. The Morgan fingerprint density at radius 3 is 2.39 bits per heavy atom. The predicted molar refractivity (Wildman–Crippen MR) is 86.8 cm³/mol. The molecule has 2 aliphatic rings. The Kier molecular flexibility index (Phi) is 11.1. The van der Waals surface area contributed by atoms with Gasteiger partial charge >= 0.3 is 0 Å². The number of piperazine rings is 1. The normalized spacial score (nSPS) is 26.2. The lowest BCUT2D eigenvalue weighted by atomic mass is 10.3. The van der Waals surface area contributed by atoms with Crippen LogP contribution in [-0.4, -0.2) is 73.2 Å². The van der Waals surface area contributed by atoms with Crippen LogP contribution in [0, 0.1) is 0 Å². The van der Waals surface area contributed by atoms with Gasteiger partial charge in [-0.3, -0.25) is 4.90 Å². The fourth-order valence-electron chi connectivity index (χ4n) is 2.45. The van der Waals surface area contributed by atoms with Crippen LogP contribution in [0.1, 0.15) is 13.3 Å². The van der Waals surface area contributed by atoms with E-state index in [1.165, 1.54) is 64.5 Å². The predicted octanol–water partition coefficient (Wildman–Crippen LogP) is 1.56. The van der Waals surface area contributed by atoms with Gasteiger partial charge in [0.25, 0.3) is 0 Å². The Labute approximate surface area is 128 Å². The van der Waals surface area contributed by atoms with E-state index in [0.29, 0.717) is 0 Å². The van der Waals surface area contributed by atoms with Gasteiger partial charge in [0, 0.05) is 63.4 Å². The fourth-order valence-corrected chi connectivity index (χ4v) is 3.70. The second-order valence-electron chi connectivity index (χ2n) is 4.79. The molecule has 110 valence electrons. The Hall–Kier alpha value is 0.810. The zero-order valence-electron chi connectivity index (χ0n) is 11.3. The van der Waals surface area contributed by atoms with Crippen LogP contribution in [-0.2, 0) is 0 Å². The van der Waals surface area contributed by atoms with Crippen LogP contribution in [0.4, 0.5) is 0 Å². The zero-order chi connectivity index (χ0) is 11.2. The summed E-state index contributed by atoms with van der Waals surface area (Å²) in [6.07, 6.45) is 1.33. The van der Waals surface area contributed by atoms with Crippen LogP contribution in [0.15, 0.2) is 0 Å². The van der Waals surface area contributed by atoms with E-state index in [-0.39, 0.29) is 24.8 Å². The van der Waals surface area contributed by atoms with Crippen molar-refractivity contribution in [2.75, 3.05) is 58.1 Å². The van der Waals surface area contributed by atoms with E-state index >= 15 is 0 Å². The molecule has 1 unspecified atom stereocenters. The molecule has 0 spiro atoms. The molecule has 3 nitrogen and oxygen atoms in total. The summed E-state index contributed by atoms with van der Waals surface area (Å²) in [5.74, 6) is 1.33. The molecular weight excluding hydrogens is 289 g/mol. The third kappa shape index (κ3) is 6.31. The summed E-state index contributed by atoms with van der Waals surface area (Å²) in [7, 11) is 0. The summed E-state index contributed by atoms with van der Waals surface area (Å²) in [5.41, 5.74) is 0. The average molecular weight is 316 g/mol. The summed E-state index contributed by atoms with van der Waals surface area (Å²) in [4.78, 5) is 5.26. The second-order valence-corrected chi connectivity index (χ2v) is 6.20. The molecule has 2 aliphatic heterocycles. The molecule has 0 amide bonds. The van der Waals surface area contributed by atoms with Crippen molar-refractivity contribution in [3.05, 3.63) is 0 Å². The van der Waals surface area contributed by atoms with Crippen LogP contribution in [0.5, 0.6) is 0 Å². The molecule has 18 heavy (non-hydrogen) atoms. The van der Waals surface area contributed by atoms with Crippen molar-refractivity contribution in [1.29, 1.82) is 0 Å². The van der Waals surface area contributed by atoms with Gasteiger partial charge in [-0.1, -0.05) is 6.92 Å². The van der Waals surface area contributed by atoms with Crippen LogP contribution >= 0.6 is 36.6 Å². The van der Waals surface area contributed by atoms with E-state index in [2.05, 4.69) is 33.8 Å².